The van der Waals surface area contributed by atoms with Crippen LogP contribution in [0.3, 0.4) is 0 Å². The Kier molecular flexibility index (Phi) is 7.72. The van der Waals surface area contributed by atoms with Gasteiger partial charge in [0.15, 0.2) is 11.5 Å². The van der Waals surface area contributed by atoms with Crippen LogP contribution in [0, 0.1) is 0 Å². The number of piperidine rings is 1. The second-order valence-electron chi connectivity index (χ2n) is 8.83. The Hall–Kier alpha value is -2.97. The average Bonchev–Trinajstić information content (AvgIpc) is 3.34. The van der Waals surface area contributed by atoms with E-state index in [1.165, 1.54) is 5.56 Å². The zero-order chi connectivity index (χ0) is 23.7. The molecule has 8 nitrogen and oxygen atoms in total. The molecular weight excluding hydrogens is 464 g/mol. The van der Waals surface area contributed by atoms with Crippen molar-refractivity contribution < 1.29 is 9.47 Å². The van der Waals surface area contributed by atoms with Gasteiger partial charge in [0, 0.05) is 29.2 Å². The van der Waals surface area contributed by atoms with E-state index in [0.29, 0.717) is 31.5 Å². The molecule has 0 aliphatic carbocycles. The third kappa shape index (κ3) is 4.90. The highest BCUT2D eigenvalue weighted by Gasteiger charge is 2.36. The van der Waals surface area contributed by atoms with Gasteiger partial charge in [-0.2, -0.15) is 4.80 Å². The summed E-state index contributed by atoms with van der Waals surface area (Å²) < 4.78 is 11.9. The molecular formula is C26H33ClN6O2. The molecule has 0 saturated carbocycles. The van der Waals surface area contributed by atoms with Crippen molar-refractivity contribution in [1.29, 1.82) is 0 Å². The highest BCUT2D eigenvalue weighted by atomic mass is 35.5. The van der Waals surface area contributed by atoms with E-state index >= 15 is 0 Å². The maximum absolute atomic E-state index is 5.98. The summed E-state index contributed by atoms with van der Waals surface area (Å²) in [6, 6.07) is 12.9. The lowest BCUT2D eigenvalue weighted by atomic mass is 9.79. The minimum atomic E-state index is 0. The zero-order valence-electron chi connectivity index (χ0n) is 20.8. The van der Waals surface area contributed by atoms with Crippen molar-refractivity contribution in [3.8, 4) is 22.9 Å². The number of aryl methyl sites for hydroxylation is 1. The monoisotopic (exact) mass is 496 g/mol. The number of tetrazole rings is 1. The molecule has 1 aromatic heterocycles. The summed E-state index contributed by atoms with van der Waals surface area (Å²) in [5, 5.41) is 12.7. The van der Waals surface area contributed by atoms with E-state index in [1.807, 2.05) is 32.9 Å². The van der Waals surface area contributed by atoms with Crippen molar-refractivity contribution in [2.75, 3.05) is 33.4 Å². The predicted molar refractivity (Wildman–Crippen MR) is 139 cm³/mol. The molecule has 1 saturated heterocycles. The van der Waals surface area contributed by atoms with Gasteiger partial charge < -0.3 is 14.4 Å². The number of halogens is 1. The van der Waals surface area contributed by atoms with Gasteiger partial charge >= 0.3 is 0 Å². The summed E-state index contributed by atoms with van der Waals surface area (Å²) in [5.74, 6) is 2.57. The van der Waals surface area contributed by atoms with Gasteiger partial charge in [-0.1, -0.05) is 24.3 Å². The number of ether oxygens (including phenoxy) is 2. The number of likely N-dealkylation sites (N-methyl/N-ethyl adjacent to an activating group) is 1. The van der Waals surface area contributed by atoms with Gasteiger partial charge in [0.05, 0.1) is 31.5 Å². The van der Waals surface area contributed by atoms with Gasteiger partial charge in [-0.25, -0.2) is 0 Å². The van der Waals surface area contributed by atoms with E-state index in [0.717, 1.165) is 53.4 Å². The fourth-order valence-electron chi connectivity index (χ4n) is 4.92. The van der Waals surface area contributed by atoms with E-state index in [2.05, 4.69) is 51.6 Å². The third-order valence-electron chi connectivity index (χ3n) is 6.60. The molecule has 35 heavy (non-hydrogen) atoms. The normalized spacial score (nSPS) is 19.3. The van der Waals surface area contributed by atoms with Gasteiger partial charge in [-0.15, -0.1) is 22.6 Å². The van der Waals surface area contributed by atoms with Crippen LogP contribution >= 0.6 is 12.4 Å². The number of fused-ring (bicyclic) bond motifs is 3. The van der Waals surface area contributed by atoms with Crippen LogP contribution in [0.4, 0.5) is 0 Å². The number of aromatic nitrogens is 4. The number of likely N-dealkylation sites (tertiary alicyclic amines) is 1. The van der Waals surface area contributed by atoms with E-state index in [9.17, 15) is 0 Å². The molecule has 1 fully saturated rings. The molecule has 9 heteroatoms. The fraction of sp³-hybridized carbons (Fsp3) is 0.462. The average molecular weight is 497 g/mol. The van der Waals surface area contributed by atoms with Gasteiger partial charge in [0.1, 0.15) is 0 Å². The molecule has 0 unspecified atom stereocenters. The first-order chi connectivity index (χ1) is 16.6. The fourth-order valence-corrected chi connectivity index (χ4v) is 4.92. The Morgan fingerprint density at radius 3 is 2.31 bits per heavy atom. The smallest absolute Gasteiger partial charge is 0.204 e. The number of nitrogens with zero attached hydrogens (tertiary/aromatic N) is 6. The Labute approximate surface area is 212 Å². The molecule has 3 aromatic rings. The Balaban J connectivity index is 0.00000289. The lowest BCUT2D eigenvalue weighted by molar-refractivity contribution is 0.226. The summed E-state index contributed by atoms with van der Waals surface area (Å²) in [5.41, 5.74) is 5.47. The van der Waals surface area contributed by atoms with Gasteiger partial charge in [-0.3, -0.25) is 4.99 Å². The predicted octanol–water partition coefficient (Wildman–Crippen LogP) is 4.22. The highest BCUT2D eigenvalue weighted by Crippen LogP contribution is 2.42. The van der Waals surface area contributed by atoms with Crippen LogP contribution in [0.5, 0.6) is 11.5 Å². The van der Waals surface area contributed by atoms with Crippen molar-refractivity contribution in [2.45, 2.75) is 45.7 Å². The van der Waals surface area contributed by atoms with E-state index in [1.54, 1.807) is 4.80 Å². The van der Waals surface area contributed by atoms with E-state index in [-0.39, 0.29) is 18.4 Å². The third-order valence-corrected chi connectivity index (χ3v) is 6.60. The zero-order valence-corrected chi connectivity index (χ0v) is 21.6. The van der Waals surface area contributed by atoms with Crippen LogP contribution in [-0.2, 0) is 6.54 Å². The SMILES string of the molecule is CCOc1cc2c(cc1OCC)[C@H]1CN(C)CC[C@H]1N=C2c1ccc(-c2nnn(CC)n2)cc1.Cl. The number of benzene rings is 2. The standard InChI is InChI=1S/C26H32N6O2.ClH/c1-5-32-29-26(28-30-32)18-10-8-17(9-11-18)25-20-15-24(34-7-3)23(33-6-2)14-19(20)21-16-31(4)13-12-22(21)27-25;/h8-11,14-15,21-22H,5-7,12-13,16H2,1-4H3;1H/t21-,22-;/m1./s1. The van der Waals surface area contributed by atoms with Crippen LogP contribution in [0.25, 0.3) is 11.4 Å². The molecule has 3 heterocycles. The summed E-state index contributed by atoms with van der Waals surface area (Å²) in [6.45, 7) is 9.93. The van der Waals surface area contributed by atoms with Crippen LogP contribution in [0.1, 0.15) is 49.8 Å². The maximum Gasteiger partial charge on any atom is 0.204 e. The molecule has 0 N–H and O–H groups in total. The maximum atomic E-state index is 5.98. The van der Waals surface area contributed by atoms with Gasteiger partial charge in [-0.05, 0) is 63.7 Å². The first kappa shape index (κ1) is 25.1. The van der Waals surface area contributed by atoms with Gasteiger partial charge in [0.25, 0.3) is 0 Å². The van der Waals surface area contributed by atoms with Crippen molar-refractivity contribution in [3.63, 3.8) is 0 Å². The van der Waals surface area contributed by atoms with E-state index < -0.39 is 0 Å². The number of hydrogen-bond acceptors (Lipinski definition) is 7. The highest BCUT2D eigenvalue weighted by molar-refractivity contribution is 6.15. The summed E-state index contributed by atoms with van der Waals surface area (Å²) in [7, 11) is 2.19. The number of hydrogen-bond donors (Lipinski definition) is 0. The quantitative estimate of drug-likeness (QED) is 0.487. The van der Waals surface area contributed by atoms with Crippen LogP contribution < -0.4 is 9.47 Å². The first-order valence-corrected chi connectivity index (χ1v) is 12.2. The van der Waals surface area contributed by atoms with Crippen molar-refractivity contribution in [2.24, 2.45) is 4.99 Å². The number of aliphatic imine (C=N–C) groups is 1. The van der Waals surface area contributed by atoms with E-state index in [4.69, 9.17) is 14.5 Å². The lowest BCUT2D eigenvalue weighted by Gasteiger charge is -2.39. The largest absolute Gasteiger partial charge is 0.490 e. The van der Waals surface area contributed by atoms with Gasteiger partial charge in [0.2, 0.25) is 5.82 Å². The molecule has 0 spiro atoms. The minimum Gasteiger partial charge on any atom is -0.490 e. The molecule has 2 aliphatic heterocycles. The Morgan fingerprint density at radius 2 is 1.66 bits per heavy atom. The van der Waals surface area contributed by atoms with Crippen molar-refractivity contribution in [3.05, 3.63) is 53.1 Å². The van der Waals surface area contributed by atoms with Crippen LogP contribution in [-0.4, -0.2) is 70.2 Å². The summed E-state index contributed by atoms with van der Waals surface area (Å²) in [6.07, 6.45) is 1.05. The second kappa shape index (κ2) is 10.7. The van der Waals surface area contributed by atoms with Crippen molar-refractivity contribution in [1.82, 2.24) is 25.1 Å². The molecule has 0 bridgehead atoms. The Morgan fingerprint density at radius 1 is 0.971 bits per heavy atom. The molecule has 2 aromatic carbocycles. The first-order valence-electron chi connectivity index (χ1n) is 12.2. The topological polar surface area (TPSA) is 77.7 Å². The summed E-state index contributed by atoms with van der Waals surface area (Å²) >= 11 is 0. The Bertz CT molecular complexity index is 1190. The second-order valence-corrected chi connectivity index (χ2v) is 8.83. The lowest BCUT2D eigenvalue weighted by Crippen LogP contribution is -2.41. The van der Waals surface area contributed by atoms with Crippen LogP contribution in [0.2, 0.25) is 0 Å². The minimum absolute atomic E-state index is 0. The molecule has 2 atom stereocenters. The summed E-state index contributed by atoms with van der Waals surface area (Å²) in [4.78, 5) is 9.28. The molecule has 186 valence electrons. The molecule has 5 rings (SSSR count). The van der Waals surface area contributed by atoms with Crippen LogP contribution in [0.15, 0.2) is 41.4 Å². The molecule has 2 aliphatic rings. The van der Waals surface area contributed by atoms with Crippen molar-refractivity contribution >= 4 is 18.1 Å². The molecule has 0 radical (unpaired) electrons. The number of rotatable bonds is 7. The molecule has 0 amide bonds.